The Morgan fingerprint density at radius 1 is 1.25 bits per heavy atom. The van der Waals surface area contributed by atoms with Crippen molar-refractivity contribution in [2.45, 2.75) is 18.3 Å². The van der Waals surface area contributed by atoms with Crippen molar-refractivity contribution in [2.75, 3.05) is 0 Å². The molecule has 1 saturated carbocycles. The molecule has 1 aliphatic rings. The number of carboxylic acid groups (broad SMARTS) is 1. The van der Waals surface area contributed by atoms with Gasteiger partial charge in [-0.3, -0.25) is 9.78 Å². The van der Waals surface area contributed by atoms with E-state index in [0.717, 1.165) is 29.2 Å². The van der Waals surface area contributed by atoms with Crippen LogP contribution in [0.4, 0.5) is 0 Å². The van der Waals surface area contributed by atoms with E-state index in [0.29, 0.717) is 0 Å². The van der Waals surface area contributed by atoms with E-state index in [1.807, 2.05) is 24.3 Å². The average Bonchev–Trinajstić information content (AvgIpc) is 3.09. The first kappa shape index (κ1) is 9.33. The Bertz CT molecular complexity index is 568. The fourth-order valence-electron chi connectivity index (χ4n) is 2.22. The Labute approximate surface area is 92.7 Å². The topological polar surface area (TPSA) is 50.2 Å². The number of nitrogens with zero attached hydrogens (tertiary/aromatic N) is 1. The number of aromatic nitrogens is 1. The SMILES string of the molecule is O=C(O)C1(c2cncc3ccccc23)CC1. The minimum absolute atomic E-state index is 0.673. The van der Waals surface area contributed by atoms with E-state index < -0.39 is 11.4 Å². The zero-order chi connectivity index (χ0) is 11.2. The van der Waals surface area contributed by atoms with E-state index in [-0.39, 0.29) is 0 Å². The van der Waals surface area contributed by atoms with Gasteiger partial charge in [-0.15, -0.1) is 0 Å². The normalized spacial score (nSPS) is 17.2. The molecule has 0 spiro atoms. The number of hydrogen-bond donors (Lipinski definition) is 1. The first-order valence-corrected chi connectivity index (χ1v) is 5.31. The predicted octanol–water partition coefficient (Wildman–Crippen LogP) is 2.35. The summed E-state index contributed by atoms with van der Waals surface area (Å²) in [6.07, 6.45) is 4.91. The van der Waals surface area contributed by atoms with E-state index in [1.54, 1.807) is 12.4 Å². The minimum Gasteiger partial charge on any atom is -0.481 e. The number of aliphatic carboxylic acids is 1. The van der Waals surface area contributed by atoms with Gasteiger partial charge in [-0.25, -0.2) is 0 Å². The molecule has 1 aliphatic carbocycles. The maximum absolute atomic E-state index is 11.3. The summed E-state index contributed by atoms with van der Waals surface area (Å²) in [5.74, 6) is -0.731. The van der Waals surface area contributed by atoms with Crippen molar-refractivity contribution < 1.29 is 9.90 Å². The molecule has 0 amide bonds. The Morgan fingerprint density at radius 3 is 2.69 bits per heavy atom. The number of benzene rings is 1. The summed E-state index contributed by atoms with van der Waals surface area (Å²) in [4.78, 5) is 15.4. The number of carbonyl (C=O) groups is 1. The predicted molar refractivity (Wildman–Crippen MR) is 60.3 cm³/mol. The second-order valence-electron chi connectivity index (χ2n) is 4.30. The van der Waals surface area contributed by atoms with E-state index in [2.05, 4.69) is 4.98 Å². The summed E-state index contributed by atoms with van der Waals surface area (Å²) in [5, 5.41) is 11.3. The summed E-state index contributed by atoms with van der Waals surface area (Å²) in [5.41, 5.74) is 0.187. The van der Waals surface area contributed by atoms with Crippen molar-refractivity contribution in [2.24, 2.45) is 0 Å². The summed E-state index contributed by atoms with van der Waals surface area (Å²) in [6.45, 7) is 0. The average molecular weight is 213 g/mol. The van der Waals surface area contributed by atoms with E-state index in [1.165, 1.54) is 0 Å². The molecule has 3 nitrogen and oxygen atoms in total. The van der Waals surface area contributed by atoms with Crippen molar-refractivity contribution in [1.82, 2.24) is 4.98 Å². The van der Waals surface area contributed by atoms with Crippen molar-refractivity contribution in [3.8, 4) is 0 Å². The second-order valence-corrected chi connectivity index (χ2v) is 4.30. The van der Waals surface area contributed by atoms with E-state index in [9.17, 15) is 9.90 Å². The van der Waals surface area contributed by atoms with Crippen LogP contribution in [0.25, 0.3) is 10.8 Å². The third-order valence-electron chi connectivity index (χ3n) is 3.34. The van der Waals surface area contributed by atoms with E-state index in [4.69, 9.17) is 0 Å². The zero-order valence-electron chi connectivity index (χ0n) is 8.68. The van der Waals surface area contributed by atoms with Crippen molar-refractivity contribution in [3.05, 3.63) is 42.2 Å². The molecular formula is C13H11NO2. The van der Waals surface area contributed by atoms with Crippen LogP contribution in [-0.2, 0) is 10.2 Å². The second kappa shape index (κ2) is 3.04. The third-order valence-corrected chi connectivity index (χ3v) is 3.34. The van der Waals surface area contributed by atoms with Gasteiger partial charge >= 0.3 is 5.97 Å². The first-order valence-electron chi connectivity index (χ1n) is 5.31. The molecule has 0 unspecified atom stereocenters. The van der Waals surface area contributed by atoms with Gasteiger partial charge in [-0.2, -0.15) is 0 Å². The molecule has 1 aromatic carbocycles. The molecule has 80 valence electrons. The lowest BCUT2D eigenvalue weighted by atomic mass is 9.93. The van der Waals surface area contributed by atoms with Gasteiger partial charge in [0.05, 0.1) is 5.41 Å². The molecule has 16 heavy (non-hydrogen) atoms. The van der Waals surface area contributed by atoms with Crippen molar-refractivity contribution in [3.63, 3.8) is 0 Å². The van der Waals surface area contributed by atoms with Crippen LogP contribution in [0.15, 0.2) is 36.7 Å². The van der Waals surface area contributed by atoms with Gasteiger partial charge in [0.2, 0.25) is 0 Å². The molecule has 1 heterocycles. The largest absolute Gasteiger partial charge is 0.481 e. The molecule has 1 N–H and O–H groups in total. The van der Waals surface area contributed by atoms with Gasteiger partial charge in [0.15, 0.2) is 0 Å². The van der Waals surface area contributed by atoms with Gasteiger partial charge in [0, 0.05) is 17.8 Å². The third kappa shape index (κ3) is 1.14. The van der Waals surface area contributed by atoms with Crippen LogP contribution in [0.2, 0.25) is 0 Å². The number of pyridine rings is 1. The highest BCUT2D eigenvalue weighted by Gasteiger charge is 2.52. The Balaban J connectivity index is 2.29. The van der Waals surface area contributed by atoms with Crippen LogP contribution in [-0.4, -0.2) is 16.1 Å². The molecule has 0 bridgehead atoms. The smallest absolute Gasteiger partial charge is 0.314 e. The molecule has 0 saturated heterocycles. The molecule has 3 rings (SSSR count). The maximum atomic E-state index is 11.3. The molecule has 1 fully saturated rings. The fourth-order valence-corrected chi connectivity index (χ4v) is 2.22. The summed E-state index contributed by atoms with van der Waals surface area (Å²) in [6, 6.07) is 7.80. The molecule has 3 heteroatoms. The van der Waals surface area contributed by atoms with Crippen LogP contribution >= 0.6 is 0 Å². The van der Waals surface area contributed by atoms with Gasteiger partial charge < -0.3 is 5.11 Å². The molecule has 2 aromatic rings. The summed E-state index contributed by atoms with van der Waals surface area (Å²) in [7, 11) is 0. The molecule has 0 aliphatic heterocycles. The fraction of sp³-hybridized carbons (Fsp3) is 0.231. The first-order chi connectivity index (χ1) is 7.74. The van der Waals surface area contributed by atoms with Gasteiger partial charge in [0.25, 0.3) is 0 Å². The highest BCUT2D eigenvalue weighted by molar-refractivity contribution is 5.94. The summed E-state index contributed by atoms with van der Waals surface area (Å²) >= 11 is 0. The highest BCUT2D eigenvalue weighted by atomic mass is 16.4. The number of fused-ring (bicyclic) bond motifs is 1. The number of rotatable bonds is 2. The Hall–Kier alpha value is -1.90. The van der Waals surface area contributed by atoms with Crippen molar-refractivity contribution in [1.29, 1.82) is 0 Å². The highest BCUT2D eigenvalue weighted by Crippen LogP contribution is 2.50. The Morgan fingerprint density at radius 2 is 2.00 bits per heavy atom. The van der Waals surface area contributed by atoms with Crippen LogP contribution in [0, 0.1) is 0 Å². The summed E-state index contributed by atoms with van der Waals surface area (Å²) < 4.78 is 0. The van der Waals surface area contributed by atoms with Crippen LogP contribution in [0.5, 0.6) is 0 Å². The quantitative estimate of drug-likeness (QED) is 0.833. The van der Waals surface area contributed by atoms with Gasteiger partial charge in [-0.1, -0.05) is 24.3 Å². The maximum Gasteiger partial charge on any atom is 0.314 e. The molecule has 0 atom stereocenters. The molecular weight excluding hydrogens is 202 g/mol. The number of carboxylic acids is 1. The monoisotopic (exact) mass is 213 g/mol. The standard InChI is InChI=1S/C13H11NO2/c15-12(16)13(5-6-13)11-8-14-7-9-3-1-2-4-10(9)11/h1-4,7-8H,5-6H2,(H,15,16). The number of hydrogen-bond acceptors (Lipinski definition) is 2. The van der Waals surface area contributed by atoms with Crippen molar-refractivity contribution >= 4 is 16.7 Å². The lowest BCUT2D eigenvalue weighted by molar-refractivity contribution is -0.140. The van der Waals surface area contributed by atoms with Gasteiger partial charge in [0.1, 0.15) is 0 Å². The van der Waals surface area contributed by atoms with Gasteiger partial charge in [-0.05, 0) is 23.8 Å². The lowest BCUT2D eigenvalue weighted by Crippen LogP contribution is -2.20. The molecule has 0 radical (unpaired) electrons. The van der Waals surface area contributed by atoms with Crippen LogP contribution in [0.1, 0.15) is 18.4 Å². The Kier molecular flexibility index (Phi) is 1.78. The lowest BCUT2D eigenvalue weighted by Gasteiger charge is -2.12. The minimum atomic E-state index is -0.731. The van der Waals surface area contributed by atoms with E-state index >= 15 is 0 Å². The zero-order valence-corrected chi connectivity index (χ0v) is 8.68. The molecule has 1 aromatic heterocycles. The van der Waals surface area contributed by atoms with Crippen LogP contribution in [0.3, 0.4) is 0 Å². The van der Waals surface area contributed by atoms with Crippen LogP contribution < -0.4 is 0 Å².